The van der Waals surface area contributed by atoms with E-state index in [-0.39, 0.29) is 5.69 Å². The largest absolute Gasteiger partial charge is 0.358 e. The molecule has 1 aromatic carbocycles. The van der Waals surface area contributed by atoms with Gasteiger partial charge in [-0.15, -0.1) is 6.58 Å². The van der Waals surface area contributed by atoms with Crippen molar-refractivity contribution in [3.8, 4) is 0 Å². The molecule has 19 heavy (non-hydrogen) atoms. The van der Waals surface area contributed by atoms with E-state index in [2.05, 4.69) is 22.4 Å². The molecule has 0 saturated carbocycles. The summed E-state index contributed by atoms with van der Waals surface area (Å²) in [5, 5.41) is 17.9. The molecule has 0 radical (unpaired) electrons. The lowest BCUT2D eigenvalue weighted by molar-refractivity contribution is -0.384. The quantitative estimate of drug-likeness (QED) is 0.283. The number of hydrogen-bond donors (Lipinski definition) is 2. The predicted molar refractivity (Wildman–Crippen MR) is 79.2 cm³/mol. The van der Waals surface area contributed by atoms with E-state index in [1.807, 2.05) is 0 Å². The van der Waals surface area contributed by atoms with E-state index in [4.69, 9.17) is 12.2 Å². The van der Waals surface area contributed by atoms with Gasteiger partial charge in [-0.05, 0) is 19.1 Å². The standard InChI is InChI=1S/C12H14N4O2S/c1-3-7-13-12(19)15-14-9(2)10-5-4-6-11(8-10)16(17)18/h3-6,8H,1,7H2,2H3,(H2,13,15,19). The van der Waals surface area contributed by atoms with Gasteiger partial charge >= 0.3 is 0 Å². The van der Waals surface area contributed by atoms with Crippen LogP contribution in [0.4, 0.5) is 5.69 Å². The van der Waals surface area contributed by atoms with Crippen molar-refractivity contribution < 1.29 is 4.92 Å². The molecule has 7 heteroatoms. The van der Waals surface area contributed by atoms with Crippen LogP contribution in [-0.4, -0.2) is 22.3 Å². The highest BCUT2D eigenvalue weighted by Crippen LogP contribution is 2.13. The Labute approximate surface area is 116 Å². The highest BCUT2D eigenvalue weighted by molar-refractivity contribution is 7.80. The summed E-state index contributed by atoms with van der Waals surface area (Å²) >= 11 is 4.97. The van der Waals surface area contributed by atoms with Crippen LogP contribution in [0.3, 0.4) is 0 Å². The second-order valence-electron chi connectivity index (χ2n) is 3.62. The fourth-order valence-corrected chi connectivity index (χ4v) is 1.38. The van der Waals surface area contributed by atoms with Crippen molar-refractivity contribution in [1.29, 1.82) is 0 Å². The monoisotopic (exact) mass is 278 g/mol. The fraction of sp³-hybridized carbons (Fsp3) is 0.167. The van der Waals surface area contributed by atoms with Crippen LogP contribution in [0.5, 0.6) is 0 Å². The molecule has 0 saturated heterocycles. The molecule has 0 aromatic heterocycles. The third kappa shape index (κ3) is 4.84. The zero-order chi connectivity index (χ0) is 14.3. The Morgan fingerprint density at radius 1 is 1.63 bits per heavy atom. The summed E-state index contributed by atoms with van der Waals surface area (Å²) in [4.78, 5) is 10.2. The molecule has 0 atom stereocenters. The number of hydrogen-bond acceptors (Lipinski definition) is 4. The lowest BCUT2D eigenvalue weighted by Gasteiger charge is -2.05. The van der Waals surface area contributed by atoms with Gasteiger partial charge in [-0.3, -0.25) is 15.5 Å². The van der Waals surface area contributed by atoms with Crippen molar-refractivity contribution in [2.45, 2.75) is 6.92 Å². The van der Waals surface area contributed by atoms with Crippen LogP contribution in [0, 0.1) is 10.1 Å². The summed E-state index contributed by atoms with van der Waals surface area (Å²) in [5.41, 5.74) is 3.95. The molecule has 0 fully saturated rings. The summed E-state index contributed by atoms with van der Waals surface area (Å²) in [6.07, 6.45) is 1.67. The Kier molecular flexibility index (Phi) is 5.62. The van der Waals surface area contributed by atoms with E-state index in [1.165, 1.54) is 12.1 Å². The van der Waals surface area contributed by atoms with Crippen LogP contribution in [0.2, 0.25) is 0 Å². The summed E-state index contributed by atoms with van der Waals surface area (Å²) < 4.78 is 0. The average molecular weight is 278 g/mol. The summed E-state index contributed by atoms with van der Waals surface area (Å²) in [7, 11) is 0. The highest BCUT2D eigenvalue weighted by Gasteiger charge is 2.07. The smallest absolute Gasteiger partial charge is 0.270 e. The second-order valence-corrected chi connectivity index (χ2v) is 4.02. The number of rotatable bonds is 5. The Balaban J connectivity index is 2.73. The van der Waals surface area contributed by atoms with Gasteiger partial charge in [0.15, 0.2) is 5.11 Å². The minimum absolute atomic E-state index is 0.0272. The minimum Gasteiger partial charge on any atom is -0.358 e. The zero-order valence-electron chi connectivity index (χ0n) is 10.4. The molecule has 6 nitrogen and oxygen atoms in total. The van der Waals surface area contributed by atoms with E-state index >= 15 is 0 Å². The molecule has 1 rings (SSSR count). The van der Waals surface area contributed by atoms with Crippen LogP contribution >= 0.6 is 12.2 Å². The first-order valence-electron chi connectivity index (χ1n) is 5.48. The van der Waals surface area contributed by atoms with E-state index in [0.29, 0.717) is 22.9 Å². The number of hydrazone groups is 1. The molecule has 0 bridgehead atoms. The van der Waals surface area contributed by atoms with Gasteiger partial charge in [0.2, 0.25) is 0 Å². The third-order valence-corrected chi connectivity index (χ3v) is 2.44. The van der Waals surface area contributed by atoms with E-state index in [9.17, 15) is 10.1 Å². The molecule has 0 aliphatic rings. The summed E-state index contributed by atoms with van der Waals surface area (Å²) in [5.74, 6) is 0. The number of nitro groups is 1. The minimum atomic E-state index is -0.444. The first-order chi connectivity index (χ1) is 9.04. The summed E-state index contributed by atoms with van der Waals surface area (Å²) in [6.45, 7) is 5.83. The molecule has 0 amide bonds. The predicted octanol–water partition coefficient (Wildman–Crippen LogP) is 1.97. The van der Waals surface area contributed by atoms with Crippen LogP contribution in [0.25, 0.3) is 0 Å². The van der Waals surface area contributed by atoms with Crippen molar-refractivity contribution in [3.63, 3.8) is 0 Å². The Bertz CT molecular complexity index is 528. The molecule has 1 aromatic rings. The van der Waals surface area contributed by atoms with E-state index < -0.39 is 4.92 Å². The molecule has 0 unspecified atom stereocenters. The van der Waals surface area contributed by atoms with Crippen LogP contribution in [-0.2, 0) is 0 Å². The maximum absolute atomic E-state index is 10.7. The maximum Gasteiger partial charge on any atom is 0.270 e. The molecule has 0 aliphatic heterocycles. The highest BCUT2D eigenvalue weighted by atomic mass is 32.1. The number of nitrogens with one attached hydrogen (secondary N) is 2. The molecule has 0 heterocycles. The van der Waals surface area contributed by atoms with Crippen molar-refractivity contribution in [2.24, 2.45) is 5.10 Å². The number of thiocarbonyl (C=S) groups is 1. The van der Waals surface area contributed by atoms with Crippen LogP contribution < -0.4 is 10.7 Å². The van der Waals surface area contributed by atoms with E-state index in [0.717, 1.165) is 0 Å². The first kappa shape index (κ1) is 14.8. The van der Waals surface area contributed by atoms with Crippen molar-refractivity contribution in [2.75, 3.05) is 6.54 Å². The summed E-state index contributed by atoms with van der Waals surface area (Å²) in [6, 6.07) is 6.25. The van der Waals surface area contributed by atoms with Gasteiger partial charge in [0, 0.05) is 24.2 Å². The Morgan fingerprint density at radius 3 is 3.00 bits per heavy atom. The van der Waals surface area contributed by atoms with Crippen LogP contribution in [0.1, 0.15) is 12.5 Å². The first-order valence-corrected chi connectivity index (χ1v) is 5.89. The van der Waals surface area contributed by atoms with Crippen molar-refractivity contribution in [1.82, 2.24) is 10.7 Å². The van der Waals surface area contributed by atoms with Crippen LogP contribution in [0.15, 0.2) is 42.0 Å². The Morgan fingerprint density at radius 2 is 2.37 bits per heavy atom. The SMILES string of the molecule is C=CCNC(=S)NN=C(C)c1cccc([N+](=O)[O-])c1. The normalized spacial score (nSPS) is 10.7. The van der Waals surface area contributed by atoms with E-state index in [1.54, 1.807) is 25.1 Å². The van der Waals surface area contributed by atoms with Gasteiger partial charge < -0.3 is 5.32 Å². The molecular weight excluding hydrogens is 264 g/mol. The van der Waals surface area contributed by atoms with Gasteiger partial charge in [0.05, 0.1) is 10.6 Å². The van der Waals surface area contributed by atoms with Gasteiger partial charge in [0.25, 0.3) is 5.69 Å². The number of non-ortho nitro benzene ring substituents is 1. The number of nitrogens with zero attached hydrogens (tertiary/aromatic N) is 2. The van der Waals surface area contributed by atoms with Crippen molar-refractivity contribution in [3.05, 3.63) is 52.6 Å². The van der Waals surface area contributed by atoms with Gasteiger partial charge in [-0.1, -0.05) is 18.2 Å². The van der Waals surface area contributed by atoms with Gasteiger partial charge in [-0.25, -0.2) is 0 Å². The molecule has 100 valence electrons. The fourth-order valence-electron chi connectivity index (χ4n) is 1.25. The molecular formula is C12H14N4O2S. The number of nitro benzene ring substituents is 1. The van der Waals surface area contributed by atoms with Crippen molar-refractivity contribution >= 4 is 28.7 Å². The number of benzene rings is 1. The lowest BCUT2D eigenvalue weighted by Crippen LogP contribution is -2.32. The molecule has 2 N–H and O–H groups in total. The lowest BCUT2D eigenvalue weighted by atomic mass is 10.1. The molecule has 0 aliphatic carbocycles. The maximum atomic E-state index is 10.7. The second kappa shape index (κ2) is 7.22. The average Bonchev–Trinajstić information content (AvgIpc) is 2.42. The topological polar surface area (TPSA) is 79.6 Å². The van der Waals surface area contributed by atoms with Gasteiger partial charge in [-0.2, -0.15) is 5.10 Å². The third-order valence-electron chi connectivity index (χ3n) is 2.21. The zero-order valence-corrected chi connectivity index (χ0v) is 11.2. The Hall–Kier alpha value is -2.28. The molecule has 0 spiro atoms. The van der Waals surface area contributed by atoms with Gasteiger partial charge in [0.1, 0.15) is 0 Å².